The Hall–Kier alpha value is -5.46. The average Bonchev–Trinajstić information content (AvgIpc) is 3.58. The van der Waals surface area contributed by atoms with Crippen molar-refractivity contribution in [2.75, 3.05) is 33.3 Å². The molecular weight excluding hydrogens is 548 g/mol. The Bertz CT molecular complexity index is 1680. The first kappa shape index (κ1) is 26.7. The fourth-order valence-electron chi connectivity index (χ4n) is 5.71. The predicted octanol–water partition coefficient (Wildman–Crippen LogP) is 5.32. The zero-order valence-corrected chi connectivity index (χ0v) is 22.8. The molecule has 4 aromatic rings. The normalized spacial score (nSPS) is 19.0. The van der Waals surface area contributed by atoms with Gasteiger partial charge in [-0.15, -0.1) is 0 Å². The molecule has 0 aliphatic carbocycles. The predicted molar refractivity (Wildman–Crippen MR) is 149 cm³/mol. The molecule has 1 saturated heterocycles. The molecule has 1 amide bonds. The molecular formula is C29H26N4O9. The van der Waals surface area contributed by atoms with Crippen molar-refractivity contribution >= 4 is 34.5 Å². The number of carbonyl (C=O) groups is 2. The zero-order chi connectivity index (χ0) is 29.5. The number of ether oxygens (including phenoxy) is 5. The van der Waals surface area contributed by atoms with E-state index in [2.05, 4.69) is 15.0 Å². The Morgan fingerprint density at radius 2 is 1.76 bits per heavy atom. The van der Waals surface area contributed by atoms with Crippen LogP contribution in [0.5, 0.6) is 17.2 Å². The van der Waals surface area contributed by atoms with E-state index in [1.807, 2.05) is 24.3 Å². The van der Waals surface area contributed by atoms with Gasteiger partial charge in [0.1, 0.15) is 12.6 Å². The number of nitrogens with one attached hydrogen (secondary N) is 2. The zero-order valence-electron chi connectivity index (χ0n) is 22.8. The second kappa shape index (κ2) is 10.5. The highest BCUT2D eigenvalue weighted by molar-refractivity contribution is 5.88. The van der Waals surface area contributed by atoms with E-state index in [0.29, 0.717) is 11.3 Å². The molecule has 3 atom stereocenters. The van der Waals surface area contributed by atoms with Crippen LogP contribution < -0.4 is 19.5 Å². The van der Waals surface area contributed by atoms with Gasteiger partial charge in [0, 0.05) is 40.0 Å². The monoisotopic (exact) mass is 574 g/mol. The van der Waals surface area contributed by atoms with Gasteiger partial charge >= 0.3 is 12.2 Å². The Morgan fingerprint density at radius 3 is 2.40 bits per heavy atom. The van der Waals surface area contributed by atoms with Crippen LogP contribution in [0.15, 0.2) is 60.7 Å². The van der Waals surface area contributed by atoms with Crippen molar-refractivity contribution in [3.63, 3.8) is 0 Å². The van der Waals surface area contributed by atoms with Crippen LogP contribution in [0.4, 0.5) is 21.0 Å². The van der Waals surface area contributed by atoms with Gasteiger partial charge in [0.05, 0.1) is 38.3 Å². The number of benzene rings is 3. The van der Waals surface area contributed by atoms with Crippen LogP contribution in [0.1, 0.15) is 28.9 Å². The van der Waals surface area contributed by atoms with Crippen molar-refractivity contribution in [2.45, 2.75) is 18.1 Å². The highest BCUT2D eigenvalue weighted by Crippen LogP contribution is 2.51. The Morgan fingerprint density at radius 1 is 1.07 bits per heavy atom. The fraction of sp³-hybridized carbons (Fsp3) is 0.241. The summed E-state index contributed by atoms with van der Waals surface area (Å²) in [6.45, 7) is 0.108. The molecule has 2 N–H and O–H groups in total. The van der Waals surface area contributed by atoms with E-state index >= 15 is 0 Å². The summed E-state index contributed by atoms with van der Waals surface area (Å²) < 4.78 is 26.6. The third kappa shape index (κ3) is 4.35. The number of rotatable bonds is 7. The topological polar surface area (TPSA) is 154 Å². The summed E-state index contributed by atoms with van der Waals surface area (Å²) >= 11 is 0. The number of cyclic esters (lactones) is 1. The number of para-hydroxylation sites is 1. The molecule has 216 valence electrons. The first-order valence-electron chi connectivity index (χ1n) is 12.9. The standard InChI is InChI=1S/C29H26N4O9/c1-38-21-12-15(13-22(39-2)27(21)42-29(35)40-3)26-25-23(18-6-4-5-7-19(18)31-25)24(20-14-41-28(34)32(20)26)30-16-8-10-17(11-9-16)33(36)37/h4-13,20,24,26,30-31H,14H2,1-3H3/t20-,24+,26-/m1/s1. The van der Waals surface area contributed by atoms with E-state index in [1.54, 1.807) is 29.2 Å². The molecule has 3 aromatic carbocycles. The van der Waals surface area contributed by atoms with Gasteiger partial charge in [0.2, 0.25) is 5.75 Å². The van der Waals surface area contributed by atoms with Crippen molar-refractivity contribution in [1.29, 1.82) is 0 Å². The van der Waals surface area contributed by atoms with E-state index in [4.69, 9.17) is 18.9 Å². The van der Waals surface area contributed by atoms with Crippen molar-refractivity contribution < 1.29 is 38.2 Å². The molecule has 1 aromatic heterocycles. The van der Waals surface area contributed by atoms with Gasteiger partial charge in [-0.3, -0.25) is 15.0 Å². The number of fused-ring (bicyclic) bond motifs is 4. The maximum atomic E-state index is 13.3. The number of non-ortho nitro benzene ring substituents is 1. The molecule has 1 fully saturated rings. The number of carbonyl (C=O) groups excluding carboxylic acids is 2. The molecule has 2 aliphatic rings. The molecule has 42 heavy (non-hydrogen) atoms. The number of methoxy groups -OCH3 is 3. The van der Waals surface area contributed by atoms with E-state index in [-0.39, 0.29) is 29.5 Å². The lowest BCUT2D eigenvalue weighted by atomic mass is 9.85. The van der Waals surface area contributed by atoms with E-state index < -0.39 is 35.3 Å². The molecule has 0 bridgehead atoms. The molecule has 2 aliphatic heterocycles. The first-order chi connectivity index (χ1) is 20.3. The maximum absolute atomic E-state index is 13.3. The molecule has 0 radical (unpaired) electrons. The Kier molecular flexibility index (Phi) is 6.69. The number of hydrogen-bond donors (Lipinski definition) is 2. The second-order valence-corrected chi connectivity index (χ2v) is 9.69. The van der Waals surface area contributed by atoms with E-state index in [9.17, 15) is 19.7 Å². The van der Waals surface area contributed by atoms with E-state index in [0.717, 1.165) is 22.2 Å². The van der Waals surface area contributed by atoms with Crippen molar-refractivity contribution in [3.05, 3.63) is 87.6 Å². The third-order valence-electron chi connectivity index (χ3n) is 7.52. The van der Waals surface area contributed by atoms with Crippen LogP contribution in [-0.2, 0) is 9.47 Å². The summed E-state index contributed by atoms with van der Waals surface area (Å²) in [7, 11) is 4.04. The minimum Gasteiger partial charge on any atom is -0.493 e. The quantitative estimate of drug-likeness (QED) is 0.128. The molecule has 6 rings (SSSR count). The number of aromatic amines is 1. The van der Waals surface area contributed by atoms with Gasteiger partial charge in [0.25, 0.3) is 5.69 Å². The number of amides is 1. The van der Waals surface area contributed by atoms with Crippen molar-refractivity contribution in [3.8, 4) is 17.2 Å². The minimum atomic E-state index is -0.946. The van der Waals surface area contributed by atoms with Crippen LogP contribution in [0.25, 0.3) is 10.9 Å². The average molecular weight is 575 g/mol. The van der Waals surface area contributed by atoms with Gasteiger partial charge in [-0.1, -0.05) is 18.2 Å². The lowest BCUT2D eigenvalue weighted by molar-refractivity contribution is -0.384. The molecule has 13 nitrogen and oxygen atoms in total. The first-order valence-corrected chi connectivity index (χ1v) is 12.9. The molecule has 0 saturated carbocycles. The lowest BCUT2D eigenvalue weighted by Crippen LogP contribution is -2.47. The Labute approximate surface area is 239 Å². The lowest BCUT2D eigenvalue weighted by Gasteiger charge is -2.41. The number of anilines is 1. The largest absolute Gasteiger partial charge is 0.513 e. The van der Waals surface area contributed by atoms with Gasteiger partial charge in [-0.25, -0.2) is 9.59 Å². The van der Waals surface area contributed by atoms with Crippen LogP contribution in [-0.4, -0.2) is 61.0 Å². The Balaban J connectivity index is 1.52. The number of nitro groups is 1. The van der Waals surface area contributed by atoms with Crippen LogP contribution in [0.2, 0.25) is 0 Å². The summed E-state index contributed by atoms with van der Waals surface area (Å²) in [5, 5.41) is 15.6. The minimum absolute atomic E-state index is 0.0273. The number of H-pyrrole nitrogens is 1. The molecule has 13 heteroatoms. The number of nitro benzene ring substituents is 1. The summed E-state index contributed by atoms with van der Waals surface area (Å²) in [5.41, 5.74) is 3.75. The van der Waals surface area contributed by atoms with Crippen molar-refractivity contribution in [2.24, 2.45) is 0 Å². The molecule has 0 spiro atoms. The van der Waals surface area contributed by atoms with Gasteiger partial charge in [-0.2, -0.15) is 0 Å². The number of aromatic nitrogens is 1. The molecule has 0 unspecified atom stereocenters. The van der Waals surface area contributed by atoms with Gasteiger partial charge < -0.3 is 34.0 Å². The fourth-order valence-corrected chi connectivity index (χ4v) is 5.71. The maximum Gasteiger partial charge on any atom is 0.513 e. The van der Waals surface area contributed by atoms with Gasteiger partial charge in [-0.05, 0) is 35.9 Å². The van der Waals surface area contributed by atoms with E-state index in [1.165, 1.54) is 33.5 Å². The number of hydrogen-bond acceptors (Lipinski definition) is 10. The summed E-state index contributed by atoms with van der Waals surface area (Å²) in [6, 6.07) is 15.7. The third-order valence-corrected chi connectivity index (χ3v) is 7.52. The number of nitrogens with zero attached hydrogens (tertiary/aromatic N) is 2. The summed E-state index contributed by atoms with van der Waals surface area (Å²) in [4.78, 5) is 41.1. The summed E-state index contributed by atoms with van der Waals surface area (Å²) in [6.07, 6.45) is -1.46. The van der Waals surface area contributed by atoms with Gasteiger partial charge in [0.15, 0.2) is 11.5 Å². The summed E-state index contributed by atoms with van der Waals surface area (Å²) in [5.74, 6) is 0.423. The molecule has 3 heterocycles. The van der Waals surface area contributed by atoms with Crippen molar-refractivity contribution in [1.82, 2.24) is 9.88 Å². The highest BCUT2D eigenvalue weighted by Gasteiger charge is 2.51. The van der Waals surface area contributed by atoms with Crippen LogP contribution in [0.3, 0.4) is 0 Å². The highest BCUT2D eigenvalue weighted by atomic mass is 16.7. The van der Waals surface area contributed by atoms with Crippen LogP contribution >= 0.6 is 0 Å². The SMILES string of the molecule is COC(=O)Oc1c(OC)cc([C@@H]2c3[nH]c4ccccc4c3[C@@H](Nc3ccc([N+](=O)[O-])cc3)[C@H]3COC(=O)N23)cc1OC. The smallest absolute Gasteiger partial charge is 0.493 e. The second-order valence-electron chi connectivity index (χ2n) is 9.69. The van der Waals surface area contributed by atoms with Crippen LogP contribution in [0, 0.1) is 10.1 Å².